The van der Waals surface area contributed by atoms with Crippen molar-refractivity contribution in [3.05, 3.63) is 48.0 Å². The molecule has 0 fully saturated rings. The molecule has 24 heavy (non-hydrogen) atoms. The number of anilines is 1. The molecule has 0 saturated heterocycles. The second-order valence-electron chi connectivity index (χ2n) is 4.56. The van der Waals surface area contributed by atoms with Gasteiger partial charge in [0, 0.05) is 18.1 Å². The van der Waals surface area contributed by atoms with Crippen LogP contribution in [0.4, 0.5) is 14.5 Å². The van der Waals surface area contributed by atoms with Gasteiger partial charge in [-0.15, -0.1) is 0 Å². The van der Waals surface area contributed by atoms with Gasteiger partial charge in [0.1, 0.15) is 13.0 Å². The van der Waals surface area contributed by atoms with Crippen molar-refractivity contribution in [1.82, 2.24) is 9.55 Å². The molecule has 2 aromatic rings. The molecule has 0 bridgehead atoms. The predicted octanol–water partition coefficient (Wildman–Crippen LogP) is 2.49. The van der Waals surface area contributed by atoms with Crippen LogP contribution in [0.1, 0.15) is 29.2 Å². The standard InChI is InChI=1S/C15H12F2N4O3/c16-15(17)21-8-7-19-12(21)9-24-14(23)10-1-3-11(4-2-10)20-13(22)5-6-18/h1-4,7-8,15H,5,9H2,(H,20,22). The first-order chi connectivity index (χ1) is 11.5. The third kappa shape index (κ3) is 4.36. The fourth-order valence-electron chi connectivity index (χ4n) is 1.81. The van der Waals surface area contributed by atoms with Crippen LogP contribution in [-0.2, 0) is 16.1 Å². The van der Waals surface area contributed by atoms with Crippen LogP contribution in [0.25, 0.3) is 0 Å². The molecule has 0 aliphatic carbocycles. The van der Waals surface area contributed by atoms with E-state index < -0.39 is 25.0 Å². The van der Waals surface area contributed by atoms with Crippen LogP contribution >= 0.6 is 0 Å². The number of benzene rings is 1. The molecule has 1 aromatic carbocycles. The Morgan fingerprint density at radius 2 is 2.04 bits per heavy atom. The number of aromatic nitrogens is 2. The summed E-state index contributed by atoms with van der Waals surface area (Å²) >= 11 is 0. The summed E-state index contributed by atoms with van der Waals surface area (Å²) in [6.45, 7) is -3.16. The van der Waals surface area contributed by atoms with Gasteiger partial charge in [-0.05, 0) is 24.3 Å². The molecule has 1 aromatic heterocycles. The van der Waals surface area contributed by atoms with Gasteiger partial charge in [-0.3, -0.25) is 9.36 Å². The predicted molar refractivity (Wildman–Crippen MR) is 77.9 cm³/mol. The van der Waals surface area contributed by atoms with Crippen LogP contribution in [0.5, 0.6) is 0 Å². The highest BCUT2D eigenvalue weighted by Crippen LogP contribution is 2.15. The van der Waals surface area contributed by atoms with Gasteiger partial charge >= 0.3 is 12.5 Å². The van der Waals surface area contributed by atoms with Gasteiger partial charge in [0.25, 0.3) is 0 Å². The molecule has 1 amide bonds. The number of rotatable bonds is 6. The van der Waals surface area contributed by atoms with E-state index in [1.165, 1.54) is 30.5 Å². The second-order valence-corrected chi connectivity index (χ2v) is 4.56. The normalized spacial score (nSPS) is 10.2. The molecule has 124 valence electrons. The maximum absolute atomic E-state index is 12.6. The van der Waals surface area contributed by atoms with Gasteiger partial charge in [-0.25, -0.2) is 9.78 Å². The number of hydrogen-bond donors (Lipinski definition) is 1. The van der Waals surface area contributed by atoms with Crippen molar-refractivity contribution in [3.8, 4) is 6.07 Å². The van der Waals surface area contributed by atoms with Crippen molar-refractivity contribution in [2.75, 3.05) is 5.32 Å². The highest BCUT2D eigenvalue weighted by atomic mass is 19.3. The number of ether oxygens (including phenoxy) is 1. The molecule has 7 nitrogen and oxygen atoms in total. The zero-order valence-corrected chi connectivity index (χ0v) is 12.3. The number of imidazole rings is 1. The van der Waals surface area contributed by atoms with E-state index in [9.17, 15) is 18.4 Å². The Labute approximate surface area is 135 Å². The van der Waals surface area contributed by atoms with Crippen molar-refractivity contribution >= 4 is 17.6 Å². The average molecular weight is 334 g/mol. The van der Waals surface area contributed by atoms with Crippen LogP contribution in [0.15, 0.2) is 36.7 Å². The van der Waals surface area contributed by atoms with Crippen molar-refractivity contribution in [2.45, 2.75) is 19.6 Å². The van der Waals surface area contributed by atoms with Gasteiger partial charge in [0.05, 0.1) is 11.6 Å². The first kappa shape index (κ1) is 17.1. The van der Waals surface area contributed by atoms with Crippen molar-refractivity contribution in [1.29, 1.82) is 5.26 Å². The Kier molecular flexibility index (Phi) is 5.57. The molecular weight excluding hydrogens is 322 g/mol. The van der Waals surface area contributed by atoms with E-state index in [1.54, 1.807) is 6.07 Å². The number of amides is 1. The third-order valence-electron chi connectivity index (χ3n) is 2.94. The van der Waals surface area contributed by atoms with Crippen LogP contribution in [-0.4, -0.2) is 21.4 Å². The highest BCUT2D eigenvalue weighted by molar-refractivity contribution is 5.93. The Morgan fingerprint density at radius 1 is 1.33 bits per heavy atom. The lowest BCUT2D eigenvalue weighted by molar-refractivity contribution is -0.115. The number of carbonyl (C=O) groups excluding carboxylic acids is 2. The summed E-state index contributed by atoms with van der Waals surface area (Å²) in [5.41, 5.74) is 0.600. The highest BCUT2D eigenvalue weighted by Gasteiger charge is 2.14. The number of esters is 1. The number of hydrogen-bond acceptors (Lipinski definition) is 5. The zero-order valence-electron chi connectivity index (χ0n) is 12.3. The third-order valence-corrected chi connectivity index (χ3v) is 2.94. The minimum Gasteiger partial charge on any atom is -0.454 e. The van der Waals surface area contributed by atoms with Crippen LogP contribution < -0.4 is 5.32 Å². The van der Waals surface area contributed by atoms with Crippen molar-refractivity contribution in [3.63, 3.8) is 0 Å². The topological polar surface area (TPSA) is 97.0 Å². The number of halogens is 2. The summed E-state index contributed by atoms with van der Waals surface area (Å²) < 4.78 is 30.8. The van der Waals surface area contributed by atoms with E-state index in [1.807, 2.05) is 0 Å². The number of nitriles is 1. The quantitative estimate of drug-likeness (QED) is 0.819. The Morgan fingerprint density at radius 3 is 2.67 bits per heavy atom. The van der Waals surface area contributed by atoms with Gasteiger partial charge in [0.2, 0.25) is 5.91 Å². The molecule has 2 rings (SSSR count). The van der Waals surface area contributed by atoms with Crippen LogP contribution in [0.3, 0.4) is 0 Å². The van der Waals surface area contributed by atoms with Crippen molar-refractivity contribution in [2.24, 2.45) is 0 Å². The summed E-state index contributed by atoms with van der Waals surface area (Å²) in [4.78, 5) is 26.8. The number of carbonyl (C=O) groups is 2. The van der Waals surface area contributed by atoms with E-state index in [4.69, 9.17) is 10.00 Å². The maximum Gasteiger partial charge on any atom is 0.338 e. The summed E-state index contributed by atoms with van der Waals surface area (Å²) in [6.07, 6.45) is 2.00. The molecule has 0 atom stereocenters. The van der Waals surface area contributed by atoms with E-state index in [0.717, 1.165) is 6.20 Å². The van der Waals surface area contributed by atoms with E-state index >= 15 is 0 Å². The first-order valence-corrected chi connectivity index (χ1v) is 6.75. The van der Waals surface area contributed by atoms with E-state index in [-0.39, 0.29) is 17.8 Å². The van der Waals surface area contributed by atoms with Gasteiger partial charge in [-0.1, -0.05) is 0 Å². The lowest BCUT2D eigenvalue weighted by atomic mass is 10.2. The number of nitrogens with one attached hydrogen (secondary N) is 1. The molecular formula is C15H12F2N4O3. The van der Waals surface area contributed by atoms with Crippen molar-refractivity contribution < 1.29 is 23.1 Å². The minimum atomic E-state index is -2.77. The van der Waals surface area contributed by atoms with Crippen LogP contribution in [0.2, 0.25) is 0 Å². The zero-order chi connectivity index (χ0) is 17.5. The van der Waals surface area contributed by atoms with Gasteiger partial charge in [-0.2, -0.15) is 14.0 Å². The lowest BCUT2D eigenvalue weighted by Crippen LogP contribution is -2.11. The Bertz CT molecular complexity index is 766. The monoisotopic (exact) mass is 334 g/mol. The second kappa shape index (κ2) is 7.82. The molecule has 0 aliphatic heterocycles. The molecule has 0 aliphatic rings. The SMILES string of the molecule is N#CCC(=O)Nc1ccc(C(=O)OCc2nccn2C(F)F)cc1. The molecule has 9 heteroatoms. The summed E-state index contributed by atoms with van der Waals surface area (Å²) in [7, 11) is 0. The number of nitrogens with zero attached hydrogens (tertiary/aromatic N) is 3. The molecule has 0 saturated carbocycles. The summed E-state index contributed by atoms with van der Waals surface area (Å²) in [6, 6.07) is 7.45. The number of alkyl halides is 2. The fourth-order valence-corrected chi connectivity index (χ4v) is 1.81. The summed E-state index contributed by atoms with van der Waals surface area (Å²) in [5.74, 6) is -1.25. The van der Waals surface area contributed by atoms with Crippen LogP contribution in [0, 0.1) is 11.3 Å². The minimum absolute atomic E-state index is 0.0706. The van der Waals surface area contributed by atoms with Gasteiger partial charge < -0.3 is 10.1 Å². The van der Waals surface area contributed by atoms with Gasteiger partial charge in [0.15, 0.2) is 5.82 Å². The molecule has 0 unspecified atom stereocenters. The fraction of sp³-hybridized carbons (Fsp3) is 0.200. The summed E-state index contributed by atoms with van der Waals surface area (Å²) in [5, 5.41) is 10.9. The molecule has 0 spiro atoms. The Balaban J connectivity index is 1.94. The average Bonchev–Trinajstić information content (AvgIpc) is 3.02. The Hall–Kier alpha value is -3.28. The lowest BCUT2D eigenvalue weighted by Gasteiger charge is -2.08. The molecule has 1 N–H and O–H groups in total. The smallest absolute Gasteiger partial charge is 0.338 e. The first-order valence-electron chi connectivity index (χ1n) is 6.75. The van der Waals surface area contributed by atoms with E-state index in [2.05, 4.69) is 10.3 Å². The largest absolute Gasteiger partial charge is 0.454 e. The molecule has 1 heterocycles. The van der Waals surface area contributed by atoms with E-state index in [0.29, 0.717) is 10.3 Å². The molecule has 0 radical (unpaired) electrons. The maximum atomic E-state index is 12.6.